The van der Waals surface area contributed by atoms with Gasteiger partial charge in [0.1, 0.15) is 0 Å². The van der Waals surface area contributed by atoms with Crippen molar-refractivity contribution in [3.8, 4) is 11.5 Å². The van der Waals surface area contributed by atoms with Crippen LogP contribution in [0.4, 0.5) is 11.8 Å². The first-order valence-electron chi connectivity index (χ1n) is 8.57. The van der Waals surface area contributed by atoms with E-state index < -0.39 is 0 Å². The summed E-state index contributed by atoms with van der Waals surface area (Å²) in [5.41, 5.74) is 2.05. The van der Waals surface area contributed by atoms with E-state index in [2.05, 4.69) is 30.8 Å². The molecule has 27 heavy (non-hydrogen) atoms. The molecule has 0 saturated carbocycles. The van der Waals surface area contributed by atoms with Gasteiger partial charge in [0.25, 0.3) is 0 Å². The van der Waals surface area contributed by atoms with Crippen molar-refractivity contribution in [1.29, 1.82) is 0 Å². The Bertz CT molecular complexity index is 860. The molecule has 140 valence electrons. The van der Waals surface area contributed by atoms with Gasteiger partial charge in [-0.2, -0.15) is 10.1 Å². The maximum atomic E-state index is 5.33. The number of benzene rings is 1. The lowest BCUT2D eigenvalue weighted by Gasteiger charge is -2.10. The van der Waals surface area contributed by atoms with E-state index in [-0.39, 0.29) is 0 Å². The van der Waals surface area contributed by atoms with Crippen molar-refractivity contribution in [3.63, 3.8) is 0 Å². The first-order valence-corrected chi connectivity index (χ1v) is 8.57. The maximum absolute atomic E-state index is 5.33. The van der Waals surface area contributed by atoms with Gasteiger partial charge in [0.2, 0.25) is 5.95 Å². The number of ether oxygens (including phenoxy) is 2. The highest BCUT2D eigenvalue weighted by molar-refractivity contribution is 5.43. The van der Waals surface area contributed by atoms with Gasteiger partial charge in [0.05, 0.1) is 32.7 Å². The van der Waals surface area contributed by atoms with Gasteiger partial charge in [0.15, 0.2) is 17.3 Å². The Morgan fingerprint density at radius 1 is 1.00 bits per heavy atom. The number of rotatable bonds is 9. The molecular formula is C19H22N6O2. The summed E-state index contributed by atoms with van der Waals surface area (Å²) in [4.78, 5) is 8.68. The summed E-state index contributed by atoms with van der Waals surface area (Å²) in [6, 6.07) is 11.6. The van der Waals surface area contributed by atoms with Crippen molar-refractivity contribution in [2.45, 2.75) is 13.0 Å². The zero-order chi connectivity index (χ0) is 18.9. The van der Waals surface area contributed by atoms with Crippen LogP contribution in [0.3, 0.4) is 0 Å². The number of nitrogens with one attached hydrogen (secondary N) is 2. The third-order valence-corrected chi connectivity index (χ3v) is 3.88. The molecule has 0 spiro atoms. The zero-order valence-electron chi connectivity index (χ0n) is 15.3. The summed E-state index contributed by atoms with van der Waals surface area (Å²) in [5, 5.41) is 14.4. The molecule has 0 aliphatic rings. The third kappa shape index (κ3) is 5.27. The second kappa shape index (κ2) is 9.33. The van der Waals surface area contributed by atoms with Crippen LogP contribution in [0, 0.1) is 0 Å². The molecule has 2 aromatic heterocycles. The summed E-state index contributed by atoms with van der Waals surface area (Å²) in [7, 11) is 3.25. The smallest absolute Gasteiger partial charge is 0.244 e. The molecule has 8 nitrogen and oxygen atoms in total. The van der Waals surface area contributed by atoms with E-state index in [1.807, 2.05) is 36.4 Å². The van der Waals surface area contributed by atoms with Crippen LogP contribution in [0.2, 0.25) is 0 Å². The lowest BCUT2D eigenvalue weighted by molar-refractivity contribution is 0.354. The van der Waals surface area contributed by atoms with Gasteiger partial charge in [-0.25, -0.2) is 0 Å². The van der Waals surface area contributed by atoms with Gasteiger partial charge in [0, 0.05) is 12.7 Å². The maximum Gasteiger partial charge on any atom is 0.244 e. The van der Waals surface area contributed by atoms with Crippen molar-refractivity contribution in [2.24, 2.45) is 0 Å². The minimum absolute atomic E-state index is 0.474. The van der Waals surface area contributed by atoms with Crippen LogP contribution < -0.4 is 20.1 Å². The molecule has 3 aromatic rings. The van der Waals surface area contributed by atoms with Crippen molar-refractivity contribution in [1.82, 2.24) is 20.2 Å². The Hall–Kier alpha value is -3.42. The van der Waals surface area contributed by atoms with Crippen LogP contribution in [0.5, 0.6) is 11.5 Å². The molecule has 1 aromatic carbocycles. The third-order valence-electron chi connectivity index (χ3n) is 3.88. The first-order chi connectivity index (χ1) is 13.3. The molecule has 2 heterocycles. The highest BCUT2D eigenvalue weighted by Gasteiger charge is 2.05. The standard InChI is InChI=1S/C19H22N6O2/c1-26-16-7-6-14(11-17(16)27-2)8-10-21-19-24-18(13-23-25-19)22-12-15-5-3-4-9-20-15/h3-7,9,11,13H,8,10,12H2,1-2H3,(H2,21,22,24,25). The molecule has 0 fully saturated rings. The molecule has 0 unspecified atom stereocenters. The minimum Gasteiger partial charge on any atom is -0.493 e. The molecular weight excluding hydrogens is 344 g/mol. The summed E-state index contributed by atoms with van der Waals surface area (Å²) in [6.07, 6.45) is 4.13. The quantitative estimate of drug-likeness (QED) is 0.597. The Labute approximate surface area is 158 Å². The Morgan fingerprint density at radius 3 is 2.67 bits per heavy atom. The van der Waals surface area contributed by atoms with Crippen LogP contribution in [0.1, 0.15) is 11.3 Å². The van der Waals surface area contributed by atoms with Crippen LogP contribution in [-0.2, 0) is 13.0 Å². The summed E-state index contributed by atoms with van der Waals surface area (Å²) in [5.74, 6) is 2.55. The molecule has 3 rings (SSSR count). The van der Waals surface area contributed by atoms with E-state index >= 15 is 0 Å². The number of hydrogen-bond donors (Lipinski definition) is 2. The molecule has 0 bridgehead atoms. The van der Waals surface area contributed by atoms with Gasteiger partial charge in [-0.3, -0.25) is 4.98 Å². The molecule has 0 radical (unpaired) electrons. The Balaban J connectivity index is 1.52. The molecule has 0 saturated heterocycles. The molecule has 2 N–H and O–H groups in total. The summed E-state index contributed by atoms with van der Waals surface area (Å²) >= 11 is 0. The van der Waals surface area contributed by atoms with Crippen molar-refractivity contribution < 1.29 is 9.47 Å². The van der Waals surface area contributed by atoms with Crippen molar-refractivity contribution in [3.05, 3.63) is 60.0 Å². The predicted octanol–water partition coefficient (Wildman–Crippen LogP) is 2.55. The number of nitrogens with zero attached hydrogens (tertiary/aromatic N) is 4. The average Bonchev–Trinajstić information content (AvgIpc) is 2.73. The lowest BCUT2D eigenvalue weighted by Crippen LogP contribution is -2.11. The van der Waals surface area contributed by atoms with Crippen molar-refractivity contribution in [2.75, 3.05) is 31.4 Å². The number of hydrogen-bond acceptors (Lipinski definition) is 8. The largest absolute Gasteiger partial charge is 0.493 e. The van der Waals surface area contributed by atoms with Gasteiger partial charge in [-0.1, -0.05) is 12.1 Å². The Morgan fingerprint density at radius 2 is 1.89 bits per heavy atom. The predicted molar refractivity (Wildman–Crippen MR) is 103 cm³/mol. The molecule has 0 aliphatic carbocycles. The SMILES string of the molecule is COc1ccc(CCNc2nncc(NCc3ccccn3)n2)cc1OC. The van der Waals surface area contributed by atoms with Crippen LogP contribution in [0.15, 0.2) is 48.8 Å². The van der Waals surface area contributed by atoms with Gasteiger partial charge in [-0.05, 0) is 36.2 Å². The van der Waals surface area contributed by atoms with Gasteiger partial charge in [-0.15, -0.1) is 5.10 Å². The summed E-state index contributed by atoms with van der Waals surface area (Å²) in [6.45, 7) is 1.24. The monoisotopic (exact) mass is 366 g/mol. The second-order valence-electron chi connectivity index (χ2n) is 5.71. The number of pyridine rings is 1. The van der Waals surface area contributed by atoms with E-state index in [0.29, 0.717) is 36.4 Å². The topological polar surface area (TPSA) is 94.1 Å². The minimum atomic E-state index is 0.474. The molecule has 0 atom stereocenters. The number of methoxy groups -OCH3 is 2. The Kier molecular flexibility index (Phi) is 6.35. The normalized spacial score (nSPS) is 10.3. The highest BCUT2D eigenvalue weighted by atomic mass is 16.5. The van der Waals surface area contributed by atoms with E-state index in [4.69, 9.17) is 9.47 Å². The average molecular weight is 366 g/mol. The fraction of sp³-hybridized carbons (Fsp3) is 0.263. The van der Waals surface area contributed by atoms with Gasteiger partial charge < -0.3 is 20.1 Å². The van der Waals surface area contributed by atoms with E-state index in [1.54, 1.807) is 26.6 Å². The number of anilines is 2. The molecule has 0 amide bonds. The lowest BCUT2D eigenvalue weighted by atomic mass is 10.1. The first kappa shape index (κ1) is 18.4. The molecule has 0 aliphatic heterocycles. The van der Waals surface area contributed by atoms with Crippen LogP contribution in [0.25, 0.3) is 0 Å². The highest BCUT2D eigenvalue weighted by Crippen LogP contribution is 2.27. The van der Waals surface area contributed by atoms with Gasteiger partial charge >= 0.3 is 0 Å². The van der Waals surface area contributed by atoms with E-state index in [9.17, 15) is 0 Å². The molecule has 8 heteroatoms. The zero-order valence-corrected chi connectivity index (χ0v) is 15.3. The van der Waals surface area contributed by atoms with Crippen LogP contribution >= 0.6 is 0 Å². The second-order valence-corrected chi connectivity index (χ2v) is 5.71. The summed E-state index contributed by atoms with van der Waals surface area (Å²) < 4.78 is 10.6. The van der Waals surface area contributed by atoms with E-state index in [1.165, 1.54) is 0 Å². The van der Waals surface area contributed by atoms with E-state index in [0.717, 1.165) is 17.7 Å². The van der Waals surface area contributed by atoms with Crippen molar-refractivity contribution >= 4 is 11.8 Å². The van der Waals surface area contributed by atoms with Crippen LogP contribution in [-0.4, -0.2) is 40.9 Å². The fourth-order valence-electron chi connectivity index (χ4n) is 2.50. The number of aromatic nitrogens is 4. The fourth-order valence-corrected chi connectivity index (χ4v) is 2.50.